The van der Waals surface area contributed by atoms with E-state index in [9.17, 15) is 4.79 Å². The smallest absolute Gasteiger partial charge is 0.320 e. The lowest BCUT2D eigenvalue weighted by molar-refractivity contribution is 0.159. The Morgan fingerprint density at radius 2 is 1.93 bits per heavy atom. The van der Waals surface area contributed by atoms with Gasteiger partial charge in [0.15, 0.2) is 0 Å². The van der Waals surface area contributed by atoms with Crippen LogP contribution in [0.15, 0.2) is 42.5 Å². The van der Waals surface area contributed by atoms with Gasteiger partial charge in [-0.15, -0.1) is 0 Å². The van der Waals surface area contributed by atoms with Gasteiger partial charge in [-0.3, -0.25) is 0 Å². The number of urea groups is 1. The Hall–Kier alpha value is -3.07. The highest BCUT2D eigenvalue weighted by Crippen LogP contribution is 2.46. The van der Waals surface area contributed by atoms with Gasteiger partial charge in [-0.1, -0.05) is 30.3 Å². The number of hydrogen-bond acceptors (Lipinski definition) is 4. The molecule has 3 heterocycles. The molecule has 0 aliphatic carbocycles. The first kappa shape index (κ1) is 18.3. The van der Waals surface area contributed by atoms with Gasteiger partial charge in [-0.25, -0.2) is 9.78 Å². The van der Waals surface area contributed by atoms with E-state index in [0.717, 1.165) is 25.5 Å². The number of likely N-dealkylation sites (tertiary alicyclic amines) is 1. The summed E-state index contributed by atoms with van der Waals surface area (Å²) in [6, 6.07) is 16.2. The second kappa shape index (κ2) is 7.16. The second-order valence-corrected chi connectivity index (χ2v) is 7.95. The van der Waals surface area contributed by atoms with Crippen LogP contribution in [0.4, 0.5) is 10.6 Å². The molecular formula is C22H25N5O. The van der Waals surface area contributed by atoms with Crippen LogP contribution in [0.2, 0.25) is 0 Å². The summed E-state index contributed by atoms with van der Waals surface area (Å²) >= 11 is 0. The number of nitriles is 1. The lowest BCUT2D eigenvalue weighted by Gasteiger charge is -2.32. The maximum absolute atomic E-state index is 12.9. The van der Waals surface area contributed by atoms with Crippen molar-refractivity contribution in [1.29, 1.82) is 5.26 Å². The van der Waals surface area contributed by atoms with E-state index in [4.69, 9.17) is 5.26 Å². The van der Waals surface area contributed by atoms with Gasteiger partial charge in [0.25, 0.3) is 0 Å². The summed E-state index contributed by atoms with van der Waals surface area (Å²) in [5.41, 5.74) is 2.88. The fourth-order valence-corrected chi connectivity index (χ4v) is 4.66. The van der Waals surface area contributed by atoms with Crippen molar-refractivity contribution >= 4 is 11.8 Å². The van der Waals surface area contributed by atoms with Gasteiger partial charge in [0, 0.05) is 45.6 Å². The fourth-order valence-electron chi connectivity index (χ4n) is 4.66. The molecule has 0 radical (unpaired) electrons. The number of carbonyl (C=O) groups excluding carboxylic acids is 1. The number of benzene rings is 1. The van der Waals surface area contributed by atoms with E-state index in [2.05, 4.69) is 41.1 Å². The minimum Gasteiger partial charge on any atom is -0.356 e. The molecular weight excluding hydrogens is 350 g/mol. The Balaban J connectivity index is 1.66. The van der Waals surface area contributed by atoms with Crippen LogP contribution >= 0.6 is 0 Å². The number of nitrogens with zero attached hydrogens (tertiary/aromatic N) is 5. The predicted molar refractivity (Wildman–Crippen MR) is 108 cm³/mol. The summed E-state index contributed by atoms with van der Waals surface area (Å²) in [7, 11) is 3.63. The number of carbonyl (C=O) groups is 1. The van der Waals surface area contributed by atoms with E-state index in [1.807, 2.05) is 37.2 Å². The fraction of sp³-hybridized carbons (Fsp3) is 0.409. The standard InChI is InChI=1S/C22H25N5O/c1-15-7-4-5-9-18(15)21-19-14-26(20-10-6-8-17(11-23)24-20)12-16(19)13-27(21)22(28)25(2)3/h4-10,16,19,21H,12-14H2,1-3H3/t16-,19-,21+/m1/s1. The molecule has 28 heavy (non-hydrogen) atoms. The molecule has 0 spiro atoms. The highest BCUT2D eigenvalue weighted by Gasteiger charge is 2.50. The molecule has 6 nitrogen and oxygen atoms in total. The number of hydrogen-bond donors (Lipinski definition) is 0. The number of rotatable bonds is 2. The largest absolute Gasteiger partial charge is 0.356 e. The lowest BCUT2D eigenvalue weighted by atomic mass is 9.88. The van der Waals surface area contributed by atoms with Crippen LogP contribution < -0.4 is 4.90 Å². The molecule has 144 valence electrons. The Morgan fingerprint density at radius 3 is 2.64 bits per heavy atom. The van der Waals surface area contributed by atoms with Crippen LogP contribution in [-0.2, 0) is 0 Å². The molecule has 1 aromatic heterocycles. The van der Waals surface area contributed by atoms with Gasteiger partial charge >= 0.3 is 6.03 Å². The first-order valence-electron chi connectivity index (χ1n) is 9.65. The lowest BCUT2D eigenvalue weighted by Crippen LogP contribution is -2.41. The highest BCUT2D eigenvalue weighted by atomic mass is 16.2. The number of anilines is 1. The Morgan fingerprint density at radius 1 is 1.14 bits per heavy atom. The Kier molecular flexibility index (Phi) is 4.68. The predicted octanol–water partition coefficient (Wildman–Crippen LogP) is 3.05. The zero-order chi connectivity index (χ0) is 19.8. The maximum Gasteiger partial charge on any atom is 0.320 e. The first-order chi connectivity index (χ1) is 13.5. The van der Waals surface area contributed by atoms with Crippen molar-refractivity contribution in [3.63, 3.8) is 0 Å². The van der Waals surface area contributed by atoms with E-state index in [1.165, 1.54) is 11.1 Å². The SMILES string of the molecule is Cc1ccccc1[C@H]1[C@@H]2CN(c3cccc(C#N)n3)C[C@@H]2CN1C(=O)N(C)C. The highest BCUT2D eigenvalue weighted by molar-refractivity contribution is 5.75. The molecule has 2 aliphatic heterocycles. The van der Waals surface area contributed by atoms with Gasteiger partial charge in [0.1, 0.15) is 17.6 Å². The molecule has 2 amide bonds. The molecule has 0 unspecified atom stereocenters. The van der Waals surface area contributed by atoms with E-state index >= 15 is 0 Å². The number of fused-ring (bicyclic) bond motifs is 1. The molecule has 2 fully saturated rings. The number of amides is 2. The third-order valence-electron chi connectivity index (χ3n) is 5.97. The third kappa shape index (κ3) is 3.07. The van der Waals surface area contributed by atoms with Gasteiger partial charge < -0.3 is 14.7 Å². The minimum absolute atomic E-state index is 0.0604. The quantitative estimate of drug-likeness (QED) is 0.809. The average Bonchev–Trinajstić information content (AvgIpc) is 3.26. The number of aryl methyl sites for hydroxylation is 1. The minimum atomic E-state index is 0.0604. The van der Waals surface area contributed by atoms with Crippen molar-refractivity contribution in [1.82, 2.24) is 14.8 Å². The summed E-state index contributed by atoms with van der Waals surface area (Å²) in [5, 5.41) is 9.16. The van der Waals surface area contributed by atoms with Gasteiger partial charge in [-0.2, -0.15) is 5.26 Å². The first-order valence-corrected chi connectivity index (χ1v) is 9.65. The van der Waals surface area contributed by atoms with Crippen LogP contribution in [0.1, 0.15) is 22.9 Å². The monoisotopic (exact) mass is 375 g/mol. The molecule has 0 saturated carbocycles. The van der Waals surface area contributed by atoms with Crippen LogP contribution in [0.3, 0.4) is 0 Å². The van der Waals surface area contributed by atoms with Crippen molar-refractivity contribution < 1.29 is 4.79 Å². The number of aromatic nitrogens is 1. The van der Waals surface area contributed by atoms with E-state index in [-0.39, 0.29) is 12.1 Å². The molecule has 0 bridgehead atoms. The normalized spacial score (nSPS) is 23.4. The Bertz CT molecular complexity index is 935. The van der Waals surface area contributed by atoms with E-state index in [1.54, 1.807) is 11.0 Å². The molecule has 2 aromatic rings. The molecule has 2 saturated heterocycles. The summed E-state index contributed by atoms with van der Waals surface area (Å²) in [4.78, 5) is 23.3. The second-order valence-electron chi connectivity index (χ2n) is 7.95. The van der Waals surface area contributed by atoms with E-state index in [0.29, 0.717) is 17.5 Å². The summed E-state index contributed by atoms with van der Waals surface area (Å²) in [5.74, 6) is 1.58. The molecule has 3 atom stereocenters. The topological polar surface area (TPSA) is 63.5 Å². The summed E-state index contributed by atoms with van der Waals surface area (Å²) in [6.07, 6.45) is 0. The Labute approximate surface area is 166 Å². The van der Waals surface area contributed by atoms with Gasteiger partial charge in [0.2, 0.25) is 0 Å². The zero-order valence-corrected chi connectivity index (χ0v) is 16.5. The molecule has 6 heteroatoms. The maximum atomic E-state index is 12.9. The zero-order valence-electron chi connectivity index (χ0n) is 16.5. The van der Waals surface area contributed by atoms with Crippen molar-refractivity contribution in [2.24, 2.45) is 11.8 Å². The van der Waals surface area contributed by atoms with Crippen LogP contribution in [0.5, 0.6) is 0 Å². The molecule has 2 aliphatic rings. The van der Waals surface area contributed by atoms with Gasteiger partial charge in [-0.05, 0) is 30.2 Å². The summed E-state index contributed by atoms with van der Waals surface area (Å²) < 4.78 is 0. The number of pyridine rings is 1. The third-order valence-corrected chi connectivity index (χ3v) is 5.97. The van der Waals surface area contributed by atoms with E-state index < -0.39 is 0 Å². The van der Waals surface area contributed by atoms with Crippen molar-refractivity contribution in [3.8, 4) is 6.07 Å². The van der Waals surface area contributed by atoms with Crippen molar-refractivity contribution in [2.45, 2.75) is 13.0 Å². The molecule has 0 N–H and O–H groups in total. The average molecular weight is 375 g/mol. The van der Waals surface area contributed by atoms with Crippen molar-refractivity contribution in [2.75, 3.05) is 38.6 Å². The summed E-state index contributed by atoms with van der Waals surface area (Å²) in [6.45, 7) is 4.55. The van der Waals surface area contributed by atoms with Crippen LogP contribution in [0, 0.1) is 30.1 Å². The van der Waals surface area contributed by atoms with Gasteiger partial charge in [0.05, 0.1) is 6.04 Å². The van der Waals surface area contributed by atoms with Crippen LogP contribution in [-0.4, -0.2) is 54.5 Å². The van der Waals surface area contributed by atoms with Crippen molar-refractivity contribution in [3.05, 3.63) is 59.3 Å². The van der Waals surface area contributed by atoms with Crippen LogP contribution in [0.25, 0.3) is 0 Å². The molecule has 4 rings (SSSR count). The molecule has 1 aromatic carbocycles.